The molecule has 0 aromatic carbocycles. The molecular formula is C40H56O. The van der Waals surface area contributed by atoms with Gasteiger partial charge in [0.05, 0.1) is 11.7 Å². The van der Waals surface area contributed by atoms with Gasteiger partial charge in [0.1, 0.15) is 0 Å². The molecule has 0 aromatic heterocycles. The minimum absolute atomic E-state index is 0.0856. The number of rotatable bonds is 9. The Hall–Kier alpha value is -2.64. The molecule has 1 saturated carbocycles. The molecule has 0 radical (unpaired) electrons. The second-order valence-corrected chi connectivity index (χ2v) is 14.1. The third-order valence-corrected chi connectivity index (χ3v) is 9.31. The minimum atomic E-state index is -0.0954. The van der Waals surface area contributed by atoms with Crippen molar-refractivity contribution in [1.29, 1.82) is 0 Å². The highest BCUT2D eigenvalue weighted by molar-refractivity contribution is 5.37. The monoisotopic (exact) mass is 552 g/mol. The Labute approximate surface area is 252 Å². The SMILES string of the molecule is CC(C=CC=C(C)C=CC1C(C)=CCCC1(C)C)=CC=CC=C(C)C=CC=C(C)C1C=C2C(C)(C)CCCC2(C)O1. The largest absolute Gasteiger partial charge is 0.359 e. The Balaban J connectivity index is 1.50. The van der Waals surface area contributed by atoms with E-state index in [9.17, 15) is 0 Å². The maximum Gasteiger partial charge on any atom is 0.0982 e. The first-order chi connectivity index (χ1) is 19.2. The lowest BCUT2D eigenvalue weighted by Gasteiger charge is -2.42. The summed E-state index contributed by atoms with van der Waals surface area (Å²) in [7, 11) is 0. The van der Waals surface area contributed by atoms with Crippen LogP contribution in [0.2, 0.25) is 0 Å². The van der Waals surface area contributed by atoms with Gasteiger partial charge in [0.25, 0.3) is 0 Å². The summed E-state index contributed by atoms with van der Waals surface area (Å²) in [4.78, 5) is 0. The molecule has 0 spiro atoms. The van der Waals surface area contributed by atoms with Crippen molar-refractivity contribution < 1.29 is 4.74 Å². The zero-order valence-electron chi connectivity index (χ0n) is 27.7. The predicted octanol–water partition coefficient (Wildman–Crippen LogP) is 11.7. The highest BCUT2D eigenvalue weighted by Gasteiger charge is 2.47. The number of allylic oxidation sites excluding steroid dienone is 17. The van der Waals surface area contributed by atoms with Gasteiger partial charge in [-0.05, 0) is 102 Å². The maximum absolute atomic E-state index is 6.56. The first-order valence-electron chi connectivity index (χ1n) is 15.7. The molecule has 1 heteroatoms. The van der Waals surface area contributed by atoms with E-state index in [1.165, 1.54) is 59.1 Å². The highest BCUT2D eigenvalue weighted by atomic mass is 16.5. The van der Waals surface area contributed by atoms with E-state index in [1.54, 1.807) is 0 Å². The van der Waals surface area contributed by atoms with Crippen LogP contribution in [0.3, 0.4) is 0 Å². The summed E-state index contributed by atoms with van der Waals surface area (Å²) in [5.41, 5.74) is 8.47. The first kappa shape index (κ1) is 32.9. The van der Waals surface area contributed by atoms with Crippen LogP contribution < -0.4 is 0 Å². The molecule has 3 atom stereocenters. The Morgan fingerprint density at radius 1 is 0.756 bits per heavy atom. The molecule has 0 bridgehead atoms. The van der Waals surface area contributed by atoms with Crippen LogP contribution in [-0.4, -0.2) is 11.7 Å². The van der Waals surface area contributed by atoms with E-state index in [0.29, 0.717) is 11.3 Å². The van der Waals surface area contributed by atoms with E-state index in [0.717, 1.165) is 6.42 Å². The van der Waals surface area contributed by atoms with Crippen molar-refractivity contribution in [1.82, 2.24) is 0 Å². The van der Waals surface area contributed by atoms with Gasteiger partial charge in [-0.1, -0.05) is 129 Å². The van der Waals surface area contributed by atoms with Gasteiger partial charge in [0.15, 0.2) is 0 Å². The molecule has 222 valence electrons. The smallest absolute Gasteiger partial charge is 0.0982 e. The summed E-state index contributed by atoms with van der Waals surface area (Å²) in [6.45, 7) is 22.7. The summed E-state index contributed by atoms with van der Waals surface area (Å²) < 4.78 is 6.56. The van der Waals surface area contributed by atoms with Crippen LogP contribution in [0.1, 0.15) is 101 Å². The van der Waals surface area contributed by atoms with E-state index < -0.39 is 0 Å². The summed E-state index contributed by atoms with van der Waals surface area (Å²) in [6, 6.07) is 0. The molecular weight excluding hydrogens is 496 g/mol. The lowest BCUT2D eigenvalue weighted by atomic mass is 9.67. The van der Waals surface area contributed by atoms with Crippen molar-refractivity contribution in [2.75, 3.05) is 0 Å². The molecule has 1 heterocycles. The fraction of sp³-hybridized carbons (Fsp3) is 0.500. The van der Waals surface area contributed by atoms with E-state index in [-0.39, 0.29) is 17.1 Å². The summed E-state index contributed by atoms with van der Waals surface area (Å²) >= 11 is 0. The Morgan fingerprint density at radius 2 is 1.34 bits per heavy atom. The number of ether oxygens (including phenoxy) is 1. The van der Waals surface area contributed by atoms with Crippen molar-refractivity contribution in [3.8, 4) is 0 Å². The lowest BCUT2D eigenvalue weighted by molar-refractivity contribution is -0.0307. The molecule has 1 nitrogen and oxygen atoms in total. The van der Waals surface area contributed by atoms with E-state index in [2.05, 4.69) is 154 Å². The predicted molar refractivity (Wildman–Crippen MR) is 181 cm³/mol. The second-order valence-electron chi connectivity index (χ2n) is 14.1. The molecule has 1 fully saturated rings. The van der Waals surface area contributed by atoms with E-state index in [4.69, 9.17) is 4.74 Å². The zero-order chi connectivity index (χ0) is 30.3. The average molecular weight is 553 g/mol. The number of hydrogen-bond donors (Lipinski definition) is 0. The average Bonchev–Trinajstić information content (AvgIpc) is 3.25. The lowest BCUT2D eigenvalue weighted by Crippen LogP contribution is -2.39. The van der Waals surface area contributed by atoms with Gasteiger partial charge in [-0.15, -0.1) is 0 Å². The van der Waals surface area contributed by atoms with Gasteiger partial charge in [-0.3, -0.25) is 0 Å². The molecule has 2 aliphatic carbocycles. The molecule has 0 aromatic rings. The van der Waals surface area contributed by atoms with Crippen molar-refractivity contribution in [2.24, 2.45) is 16.7 Å². The molecule has 0 amide bonds. The quantitative estimate of drug-likeness (QED) is 0.204. The fourth-order valence-electron chi connectivity index (χ4n) is 6.68. The van der Waals surface area contributed by atoms with Gasteiger partial charge >= 0.3 is 0 Å². The summed E-state index contributed by atoms with van der Waals surface area (Å²) in [5.74, 6) is 0.529. The van der Waals surface area contributed by atoms with Gasteiger partial charge in [0, 0.05) is 5.92 Å². The molecule has 3 rings (SSSR count). The normalized spacial score (nSPS) is 29.6. The molecule has 0 saturated heterocycles. The van der Waals surface area contributed by atoms with Crippen molar-refractivity contribution in [2.45, 2.75) is 113 Å². The highest BCUT2D eigenvalue weighted by Crippen LogP contribution is 2.52. The molecule has 1 aliphatic heterocycles. The van der Waals surface area contributed by atoms with Crippen LogP contribution >= 0.6 is 0 Å². The summed E-state index contributed by atoms with van der Waals surface area (Å²) in [5, 5.41) is 0. The van der Waals surface area contributed by atoms with Crippen molar-refractivity contribution in [3.63, 3.8) is 0 Å². The molecule has 0 N–H and O–H groups in total. The standard InChI is InChI=1S/C40H56O/c1-30(19-13-20-32(3)24-25-35-33(4)23-15-26-38(35,6)7)17-11-12-18-31(2)21-14-22-34(5)36-29-37-39(8,9)27-16-28-40(37,10)41-36/h11-14,17-25,29,35-36H,15-16,26-28H2,1-10H3. The van der Waals surface area contributed by atoms with Crippen LogP contribution in [0.5, 0.6) is 0 Å². The number of hydrogen-bond acceptors (Lipinski definition) is 1. The Bertz CT molecular complexity index is 1240. The van der Waals surface area contributed by atoms with Crippen LogP contribution in [0, 0.1) is 16.7 Å². The molecule has 41 heavy (non-hydrogen) atoms. The number of fused-ring (bicyclic) bond motifs is 1. The second kappa shape index (κ2) is 14.0. The van der Waals surface area contributed by atoms with Crippen molar-refractivity contribution in [3.05, 3.63) is 119 Å². The maximum atomic E-state index is 6.56. The van der Waals surface area contributed by atoms with Crippen LogP contribution in [0.4, 0.5) is 0 Å². The summed E-state index contributed by atoms with van der Waals surface area (Å²) in [6.07, 6.45) is 37.2. The molecule has 3 unspecified atom stereocenters. The van der Waals surface area contributed by atoms with Crippen LogP contribution in [0.15, 0.2) is 119 Å². The first-order valence-corrected chi connectivity index (χ1v) is 15.7. The van der Waals surface area contributed by atoms with Gasteiger partial charge in [0.2, 0.25) is 0 Å². The van der Waals surface area contributed by atoms with Crippen LogP contribution in [-0.2, 0) is 4.74 Å². The third-order valence-electron chi connectivity index (χ3n) is 9.31. The van der Waals surface area contributed by atoms with Gasteiger partial charge in [-0.25, -0.2) is 0 Å². The van der Waals surface area contributed by atoms with Gasteiger partial charge < -0.3 is 4.74 Å². The van der Waals surface area contributed by atoms with Gasteiger partial charge in [-0.2, -0.15) is 0 Å². The minimum Gasteiger partial charge on any atom is -0.359 e. The van der Waals surface area contributed by atoms with Crippen molar-refractivity contribution >= 4 is 0 Å². The van der Waals surface area contributed by atoms with E-state index in [1.807, 2.05) is 0 Å². The fourth-order valence-corrected chi connectivity index (χ4v) is 6.68. The Morgan fingerprint density at radius 3 is 1.95 bits per heavy atom. The molecule has 3 aliphatic rings. The Kier molecular flexibility index (Phi) is 11.2. The van der Waals surface area contributed by atoms with Crippen LogP contribution in [0.25, 0.3) is 0 Å². The topological polar surface area (TPSA) is 9.23 Å². The third kappa shape index (κ3) is 9.17. The van der Waals surface area contributed by atoms with E-state index >= 15 is 0 Å². The zero-order valence-corrected chi connectivity index (χ0v) is 27.7.